The molecule has 0 fully saturated rings. The lowest BCUT2D eigenvalue weighted by Crippen LogP contribution is -2.67. The number of hydrogen-bond donors (Lipinski definition) is 0. The number of nitrogens with zero attached hydrogens (tertiary/aromatic N) is 1. The Bertz CT molecular complexity index is 867. The largest absolute Gasteiger partial charge is 0.213 e. The summed E-state index contributed by atoms with van der Waals surface area (Å²) in [4.78, 5) is 0. The number of aromatic nitrogens is 1. The van der Waals surface area contributed by atoms with Gasteiger partial charge in [0.1, 0.15) is 0 Å². The molecule has 2 aromatic rings. The molecule has 1 aromatic heterocycles. The highest BCUT2D eigenvalue weighted by molar-refractivity contribution is 5.70. The summed E-state index contributed by atoms with van der Waals surface area (Å²) < 4.78 is 2.66. The average molecular weight is 407 g/mol. The summed E-state index contributed by atoms with van der Waals surface area (Å²) in [5, 5.41) is 0. The fraction of sp³-hybridized carbons (Fsp3) is 0.621. The molecular weight excluding hydrogens is 362 g/mol. The lowest BCUT2D eigenvalue weighted by Gasteiger charge is -2.47. The second kappa shape index (κ2) is 9.25. The fourth-order valence-electron chi connectivity index (χ4n) is 5.96. The highest BCUT2D eigenvalue weighted by Gasteiger charge is 2.57. The fourth-order valence-corrected chi connectivity index (χ4v) is 5.96. The van der Waals surface area contributed by atoms with Crippen LogP contribution >= 0.6 is 0 Å². The number of fused-ring (bicyclic) bond motifs is 3. The summed E-state index contributed by atoms with van der Waals surface area (Å²) in [5.41, 5.74) is 7.73. The monoisotopic (exact) mass is 406 g/mol. The first-order chi connectivity index (χ1) is 14.4. The summed E-state index contributed by atoms with van der Waals surface area (Å²) in [6, 6.07) is 12.0. The van der Waals surface area contributed by atoms with E-state index in [0.29, 0.717) is 5.92 Å². The molecule has 0 aliphatic carbocycles. The maximum absolute atomic E-state index is 2.66. The van der Waals surface area contributed by atoms with Gasteiger partial charge in [-0.2, -0.15) is 4.57 Å². The van der Waals surface area contributed by atoms with Crippen molar-refractivity contribution in [1.29, 1.82) is 0 Å². The van der Waals surface area contributed by atoms with Gasteiger partial charge >= 0.3 is 0 Å². The smallest absolute Gasteiger partial charge is 0.192 e. The summed E-state index contributed by atoms with van der Waals surface area (Å²) in [6.45, 7) is 16.7. The molecule has 0 N–H and O–H groups in total. The van der Waals surface area contributed by atoms with Crippen molar-refractivity contribution in [2.24, 2.45) is 0 Å². The standard InChI is InChI=1S/C29H44N/c1-8-12-15-23(10-3)24-16-14-17-25-27(24)26-19-18-22(5)21-30(26)29(7,11-4)28(25,6)20-13-9-2/h14,16-19,21,23H,8-13,15,20H2,1-7H3/q+1. The molecule has 3 atom stereocenters. The van der Waals surface area contributed by atoms with E-state index >= 15 is 0 Å². The minimum Gasteiger partial charge on any atom is -0.192 e. The zero-order valence-corrected chi connectivity index (χ0v) is 20.6. The second-order valence-electron chi connectivity index (χ2n) is 10.0. The van der Waals surface area contributed by atoms with E-state index in [0.717, 1.165) is 6.42 Å². The van der Waals surface area contributed by atoms with Crippen LogP contribution < -0.4 is 4.57 Å². The predicted molar refractivity (Wildman–Crippen MR) is 130 cm³/mol. The minimum absolute atomic E-state index is 0.0836. The molecule has 0 saturated heterocycles. The Balaban J connectivity index is 2.33. The topological polar surface area (TPSA) is 3.88 Å². The normalized spacial score (nSPS) is 23.7. The first-order valence-electron chi connectivity index (χ1n) is 12.5. The molecule has 164 valence electrons. The molecular formula is C29H44N+. The molecule has 3 unspecified atom stereocenters. The quantitative estimate of drug-likeness (QED) is 0.369. The molecule has 3 rings (SSSR count). The molecule has 0 amide bonds. The Kier molecular flexibility index (Phi) is 7.10. The Morgan fingerprint density at radius 2 is 1.67 bits per heavy atom. The summed E-state index contributed by atoms with van der Waals surface area (Å²) >= 11 is 0. The Morgan fingerprint density at radius 1 is 0.933 bits per heavy atom. The third kappa shape index (κ3) is 3.63. The van der Waals surface area contributed by atoms with E-state index in [-0.39, 0.29) is 11.0 Å². The van der Waals surface area contributed by atoms with Crippen molar-refractivity contribution in [2.75, 3.05) is 0 Å². The minimum atomic E-state index is 0.0836. The van der Waals surface area contributed by atoms with Crippen LogP contribution in [-0.2, 0) is 11.0 Å². The molecule has 30 heavy (non-hydrogen) atoms. The van der Waals surface area contributed by atoms with E-state index in [2.05, 4.69) is 89.6 Å². The van der Waals surface area contributed by atoms with Gasteiger partial charge in [0.05, 0.1) is 11.0 Å². The number of unbranched alkanes of at least 4 members (excludes halogenated alkanes) is 2. The first-order valence-corrected chi connectivity index (χ1v) is 12.5. The predicted octanol–water partition coefficient (Wildman–Crippen LogP) is 8.22. The number of aryl methyl sites for hydroxylation is 1. The first kappa shape index (κ1) is 23.0. The third-order valence-corrected chi connectivity index (χ3v) is 8.32. The zero-order chi connectivity index (χ0) is 21.9. The number of benzene rings is 1. The van der Waals surface area contributed by atoms with E-state index in [9.17, 15) is 0 Å². The molecule has 0 radical (unpaired) electrons. The van der Waals surface area contributed by atoms with E-state index < -0.39 is 0 Å². The molecule has 1 aromatic carbocycles. The summed E-state index contributed by atoms with van der Waals surface area (Å²) in [6.07, 6.45) is 12.5. The number of hydrogen-bond acceptors (Lipinski definition) is 0. The van der Waals surface area contributed by atoms with Crippen LogP contribution in [0.1, 0.15) is 116 Å². The van der Waals surface area contributed by atoms with Crippen molar-refractivity contribution in [3.8, 4) is 11.3 Å². The van der Waals surface area contributed by atoms with Crippen molar-refractivity contribution in [3.05, 3.63) is 53.2 Å². The van der Waals surface area contributed by atoms with E-state index in [1.807, 2.05) is 0 Å². The van der Waals surface area contributed by atoms with Crippen molar-refractivity contribution >= 4 is 0 Å². The lowest BCUT2D eigenvalue weighted by atomic mass is 9.59. The van der Waals surface area contributed by atoms with Gasteiger partial charge in [0, 0.05) is 25.0 Å². The van der Waals surface area contributed by atoms with Gasteiger partial charge in [0.15, 0.2) is 11.7 Å². The van der Waals surface area contributed by atoms with Crippen molar-refractivity contribution in [3.63, 3.8) is 0 Å². The van der Waals surface area contributed by atoms with Crippen LogP contribution in [0.3, 0.4) is 0 Å². The molecule has 0 spiro atoms. The van der Waals surface area contributed by atoms with Crippen LogP contribution in [0.15, 0.2) is 36.5 Å². The van der Waals surface area contributed by atoms with Crippen LogP contribution in [0.25, 0.3) is 11.3 Å². The van der Waals surface area contributed by atoms with Crippen LogP contribution in [0.2, 0.25) is 0 Å². The van der Waals surface area contributed by atoms with Crippen molar-refractivity contribution in [1.82, 2.24) is 0 Å². The van der Waals surface area contributed by atoms with E-state index in [4.69, 9.17) is 0 Å². The van der Waals surface area contributed by atoms with Gasteiger partial charge in [-0.1, -0.05) is 71.6 Å². The van der Waals surface area contributed by atoms with Crippen molar-refractivity contribution < 1.29 is 4.57 Å². The van der Waals surface area contributed by atoms with Gasteiger partial charge in [-0.05, 0) is 56.2 Å². The van der Waals surface area contributed by atoms with Gasteiger partial charge in [0.2, 0.25) is 5.69 Å². The highest BCUT2D eigenvalue weighted by Crippen LogP contribution is 2.52. The van der Waals surface area contributed by atoms with Crippen LogP contribution in [0, 0.1) is 6.92 Å². The molecule has 1 aliphatic rings. The average Bonchev–Trinajstić information content (AvgIpc) is 2.76. The van der Waals surface area contributed by atoms with E-state index in [1.165, 1.54) is 56.2 Å². The molecule has 1 aliphatic heterocycles. The third-order valence-electron chi connectivity index (χ3n) is 8.32. The molecule has 0 saturated carbocycles. The number of pyridine rings is 1. The van der Waals surface area contributed by atoms with Gasteiger partial charge in [-0.15, -0.1) is 0 Å². The van der Waals surface area contributed by atoms with Crippen LogP contribution in [0.5, 0.6) is 0 Å². The maximum Gasteiger partial charge on any atom is 0.213 e. The number of rotatable bonds is 9. The van der Waals surface area contributed by atoms with Crippen LogP contribution in [0.4, 0.5) is 0 Å². The summed E-state index contributed by atoms with van der Waals surface area (Å²) in [5.74, 6) is 0.649. The van der Waals surface area contributed by atoms with Gasteiger partial charge in [0.25, 0.3) is 0 Å². The SMILES string of the molecule is CCCCC(CC)c1cccc2c1-c1ccc(C)c[n+]1C(C)(CC)C2(C)CCCC. The van der Waals surface area contributed by atoms with Crippen molar-refractivity contribution in [2.45, 2.75) is 117 Å². The Hall–Kier alpha value is -1.63. The van der Waals surface area contributed by atoms with E-state index in [1.54, 1.807) is 16.7 Å². The van der Waals surface area contributed by atoms with Gasteiger partial charge in [-0.25, -0.2) is 0 Å². The molecule has 1 heteroatoms. The summed E-state index contributed by atoms with van der Waals surface area (Å²) in [7, 11) is 0. The highest BCUT2D eigenvalue weighted by atomic mass is 15.1. The van der Waals surface area contributed by atoms with Gasteiger partial charge < -0.3 is 0 Å². The second-order valence-corrected chi connectivity index (χ2v) is 10.0. The Morgan fingerprint density at radius 3 is 2.30 bits per heavy atom. The Labute approximate surface area is 185 Å². The maximum atomic E-state index is 2.66. The molecule has 1 nitrogen and oxygen atoms in total. The van der Waals surface area contributed by atoms with Gasteiger partial charge in [-0.3, -0.25) is 0 Å². The van der Waals surface area contributed by atoms with Crippen LogP contribution in [-0.4, -0.2) is 0 Å². The molecule has 0 bridgehead atoms. The lowest BCUT2D eigenvalue weighted by molar-refractivity contribution is -0.765. The molecule has 2 heterocycles. The zero-order valence-electron chi connectivity index (χ0n) is 20.6.